The quantitative estimate of drug-likeness (QED) is 0.274. The van der Waals surface area contributed by atoms with Crippen LogP contribution in [0.5, 0.6) is 0 Å². The van der Waals surface area contributed by atoms with Gasteiger partial charge in [0.1, 0.15) is 6.17 Å². The summed E-state index contributed by atoms with van der Waals surface area (Å²) in [4.78, 5) is 22.7. The van der Waals surface area contributed by atoms with Crippen LogP contribution in [0.3, 0.4) is 0 Å². The minimum absolute atomic E-state index is 0.0199. The molecule has 0 spiro atoms. The minimum Gasteiger partial charge on any atom is -0.366 e. The Morgan fingerprint density at radius 3 is 2.24 bits per heavy atom. The number of amides is 1. The van der Waals surface area contributed by atoms with Gasteiger partial charge in [0, 0.05) is 29.4 Å². The third kappa shape index (κ3) is 8.15. The van der Waals surface area contributed by atoms with E-state index in [2.05, 4.69) is 17.2 Å². The average molecular weight is 401 g/mol. The van der Waals surface area contributed by atoms with Gasteiger partial charge in [0.2, 0.25) is 5.91 Å². The molecule has 158 valence electrons. The van der Waals surface area contributed by atoms with E-state index in [1.54, 1.807) is 18.2 Å². The predicted octanol–water partition coefficient (Wildman–Crippen LogP) is 4.52. The number of anilines is 1. The second kappa shape index (κ2) is 13.9. The number of nitro benzene ring substituents is 1. The topological polar surface area (TPSA) is 110 Å². The van der Waals surface area contributed by atoms with E-state index in [-0.39, 0.29) is 17.8 Å². The number of hydrogen-bond acceptors (Lipinski definition) is 5. The summed E-state index contributed by atoms with van der Waals surface area (Å²) in [6, 6.07) is 13.8. The van der Waals surface area contributed by atoms with Crippen molar-refractivity contribution in [3.63, 3.8) is 0 Å². The number of rotatable bonds is 7. The number of benzene rings is 2. The third-order valence-corrected chi connectivity index (χ3v) is 3.75. The number of hydrogen-bond donors (Lipinski definition) is 3. The van der Waals surface area contributed by atoms with Crippen molar-refractivity contribution in [2.45, 2.75) is 47.3 Å². The Hall–Kier alpha value is -3.19. The van der Waals surface area contributed by atoms with Crippen molar-refractivity contribution in [3.05, 3.63) is 81.9 Å². The molecule has 0 saturated carbocycles. The van der Waals surface area contributed by atoms with Crippen LogP contribution in [0.15, 0.2) is 60.7 Å². The molecule has 0 bridgehead atoms. The van der Waals surface area contributed by atoms with E-state index >= 15 is 0 Å². The zero-order chi connectivity index (χ0) is 22.4. The van der Waals surface area contributed by atoms with Crippen LogP contribution in [0.4, 0.5) is 11.4 Å². The highest BCUT2D eigenvalue weighted by Gasteiger charge is 2.17. The van der Waals surface area contributed by atoms with Crippen LogP contribution >= 0.6 is 0 Å². The molecule has 2 aromatic carbocycles. The lowest BCUT2D eigenvalue weighted by molar-refractivity contribution is -0.385. The van der Waals surface area contributed by atoms with Crippen LogP contribution in [0.25, 0.3) is 0 Å². The molecule has 29 heavy (non-hydrogen) atoms. The SMILES string of the molecule is C=C(C(=O)NCc1ccccc1[N+](=O)[O-])C(N)Nc1ccccc1C.CC.CC. The summed E-state index contributed by atoms with van der Waals surface area (Å²) in [5, 5.41) is 16.6. The Labute approximate surface area is 173 Å². The van der Waals surface area contributed by atoms with E-state index < -0.39 is 17.0 Å². The third-order valence-electron chi connectivity index (χ3n) is 3.75. The minimum atomic E-state index is -0.771. The fourth-order valence-electron chi connectivity index (χ4n) is 2.26. The first-order valence-corrected chi connectivity index (χ1v) is 9.67. The molecule has 1 atom stereocenters. The second-order valence-electron chi connectivity index (χ2n) is 5.53. The fraction of sp³-hybridized carbons (Fsp3) is 0.318. The van der Waals surface area contributed by atoms with E-state index in [4.69, 9.17) is 5.73 Å². The number of nitrogens with one attached hydrogen (secondary N) is 2. The first-order chi connectivity index (χ1) is 13.9. The zero-order valence-electron chi connectivity index (χ0n) is 17.9. The first kappa shape index (κ1) is 25.8. The molecule has 0 aliphatic heterocycles. The number of carbonyl (C=O) groups is 1. The molecule has 0 heterocycles. The highest BCUT2D eigenvalue weighted by atomic mass is 16.6. The maximum absolute atomic E-state index is 12.2. The van der Waals surface area contributed by atoms with Gasteiger partial charge in [-0.2, -0.15) is 0 Å². The molecular weight excluding hydrogens is 368 g/mol. The standard InChI is InChI=1S/C18H20N4O3.2C2H6/c1-12-7-3-5-9-15(12)21-17(19)13(2)18(23)20-11-14-8-4-6-10-16(14)22(24)25;2*1-2/h3-10,17,21H,2,11,19H2,1H3,(H,20,23);2*1-2H3. The zero-order valence-corrected chi connectivity index (χ0v) is 17.9. The summed E-state index contributed by atoms with van der Waals surface area (Å²) in [5.74, 6) is -0.466. The molecule has 0 aliphatic carbocycles. The largest absolute Gasteiger partial charge is 0.366 e. The van der Waals surface area contributed by atoms with E-state index in [0.717, 1.165) is 11.3 Å². The normalized spacial score (nSPS) is 10.3. The van der Waals surface area contributed by atoms with Crippen LogP contribution in [0.2, 0.25) is 0 Å². The number of carbonyl (C=O) groups excluding carboxylic acids is 1. The molecule has 0 aromatic heterocycles. The highest BCUT2D eigenvalue weighted by Crippen LogP contribution is 2.18. The molecule has 7 heteroatoms. The van der Waals surface area contributed by atoms with Crippen molar-refractivity contribution in [3.8, 4) is 0 Å². The van der Waals surface area contributed by atoms with Gasteiger partial charge in [-0.05, 0) is 18.6 Å². The Morgan fingerprint density at radius 2 is 1.66 bits per heavy atom. The lowest BCUT2D eigenvalue weighted by Gasteiger charge is -2.18. The van der Waals surface area contributed by atoms with Crippen molar-refractivity contribution in [1.82, 2.24) is 5.32 Å². The molecule has 4 N–H and O–H groups in total. The van der Waals surface area contributed by atoms with E-state index in [0.29, 0.717) is 5.56 Å². The van der Waals surface area contributed by atoms with Crippen LogP contribution in [0.1, 0.15) is 38.8 Å². The molecule has 1 unspecified atom stereocenters. The summed E-state index contributed by atoms with van der Waals surface area (Å²) in [7, 11) is 0. The van der Waals surface area contributed by atoms with Crippen molar-refractivity contribution >= 4 is 17.3 Å². The van der Waals surface area contributed by atoms with Gasteiger partial charge in [-0.3, -0.25) is 14.9 Å². The number of para-hydroxylation sites is 2. The van der Waals surface area contributed by atoms with Crippen molar-refractivity contribution in [2.75, 3.05) is 5.32 Å². The van der Waals surface area contributed by atoms with Crippen LogP contribution in [-0.2, 0) is 11.3 Å². The molecule has 0 radical (unpaired) electrons. The van der Waals surface area contributed by atoms with E-state index in [9.17, 15) is 14.9 Å². The molecule has 0 fully saturated rings. The summed E-state index contributed by atoms with van der Waals surface area (Å²) < 4.78 is 0. The van der Waals surface area contributed by atoms with Crippen molar-refractivity contribution in [2.24, 2.45) is 5.73 Å². The van der Waals surface area contributed by atoms with Gasteiger partial charge in [0.05, 0.1) is 4.92 Å². The number of nitro groups is 1. The van der Waals surface area contributed by atoms with Gasteiger partial charge in [-0.15, -0.1) is 0 Å². The summed E-state index contributed by atoms with van der Waals surface area (Å²) in [5.41, 5.74) is 8.29. The number of nitrogens with two attached hydrogens (primary N) is 1. The highest BCUT2D eigenvalue weighted by molar-refractivity contribution is 5.94. The molecule has 1 amide bonds. The van der Waals surface area contributed by atoms with Gasteiger partial charge >= 0.3 is 0 Å². The fourth-order valence-corrected chi connectivity index (χ4v) is 2.26. The second-order valence-corrected chi connectivity index (χ2v) is 5.53. The molecule has 0 saturated heterocycles. The molecule has 2 rings (SSSR count). The monoisotopic (exact) mass is 400 g/mol. The van der Waals surface area contributed by atoms with Crippen LogP contribution < -0.4 is 16.4 Å². The molecular formula is C22H32N4O3. The van der Waals surface area contributed by atoms with Crippen molar-refractivity contribution < 1.29 is 9.72 Å². The smallest absolute Gasteiger partial charge is 0.274 e. The number of nitrogens with zero attached hydrogens (tertiary/aromatic N) is 1. The maximum atomic E-state index is 12.2. The van der Waals surface area contributed by atoms with Gasteiger partial charge in [-0.25, -0.2) is 0 Å². The Kier molecular flexibility index (Phi) is 12.4. The van der Waals surface area contributed by atoms with Gasteiger partial charge in [0.15, 0.2) is 0 Å². The van der Waals surface area contributed by atoms with E-state index in [1.807, 2.05) is 58.9 Å². The van der Waals surface area contributed by atoms with Crippen LogP contribution in [0, 0.1) is 17.0 Å². The van der Waals surface area contributed by atoms with Crippen molar-refractivity contribution in [1.29, 1.82) is 0 Å². The molecule has 2 aromatic rings. The van der Waals surface area contributed by atoms with E-state index in [1.165, 1.54) is 6.07 Å². The van der Waals surface area contributed by atoms with Crippen LogP contribution in [-0.4, -0.2) is 17.0 Å². The average Bonchev–Trinajstić information content (AvgIpc) is 2.76. The van der Waals surface area contributed by atoms with Gasteiger partial charge in [-0.1, -0.05) is 70.7 Å². The molecule has 0 aliphatic rings. The predicted molar refractivity (Wildman–Crippen MR) is 120 cm³/mol. The summed E-state index contributed by atoms with van der Waals surface area (Å²) >= 11 is 0. The Balaban J connectivity index is 0.00000184. The maximum Gasteiger partial charge on any atom is 0.274 e. The summed E-state index contributed by atoms with van der Waals surface area (Å²) in [6.07, 6.45) is -0.771. The number of aryl methyl sites for hydroxylation is 1. The lowest BCUT2D eigenvalue weighted by atomic mass is 10.1. The van der Waals surface area contributed by atoms with Gasteiger partial charge in [0.25, 0.3) is 5.69 Å². The Morgan fingerprint density at radius 1 is 1.10 bits per heavy atom. The molecule has 7 nitrogen and oxygen atoms in total. The first-order valence-electron chi connectivity index (χ1n) is 9.67. The lowest BCUT2D eigenvalue weighted by Crippen LogP contribution is -2.39. The Bertz CT molecular complexity index is 806. The van der Waals surface area contributed by atoms with Gasteiger partial charge < -0.3 is 16.4 Å². The summed E-state index contributed by atoms with van der Waals surface area (Å²) in [6.45, 7) is 13.7.